The van der Waals surface area contributed by atoms with E-state index in [1.165, 1.54) is 122 Å². The van der Waals surface area contributed by atoms with Crippen LogP contribution in [0.25, 0.3) is 0 Å². The quantitative estimate of drug-likeness (QED) is 0.0438. The zero-order chi connectivity index (χ0) is 24.5. The van der Waals surface area contributed by atoms with Crippen molar-refractivity contribution in [3.8, 4) is 0 Å². The maximum Gasteiger partial charge on any atom is 1.00 e. The van der Waals surface area contributed by atoms with Crippen LogP contribution in [0.3, 0.4) is 0 Å². The summed E-state index contributed by atoms with van der Waals surface area (Å²) in [5.74, 6) is 0.0198. The van der Waals surface area contributed by atoms with Gasteiger partial charge in [-0.15, -0.1) is 0 Å². The Kier molecular flexibility index (Phi) is 31.7. The van der Waals surface area contributed by atoms with Gasteiger partial charge in [-0.05, 0) is 19.3 Å². The van der Waals surface area contributed by atoms with Crippen LogP contribution >= 0.6 is 0 Å². The second-order valence-corrected chi connectivity index (χ2v) is 10.9. The van der Waals surface area contributed by atoms with Gasteiger partial charge in [0.2, 0.25) is 10.4 Å². The van der Waals surface area contributed by atoms with Crippen molar-refractivity contribution >= 4 is 10.4 Å². The van der Waals surface area contributed by atoms with Crippen LogP contribution in [0.5, 0.6) is 0 Å². The van der Waals surface area contributed by atoms with Gasteiger partial charge in [0.25, 0.3) is 0 Å². The Morgan fingerprint density at radius 3 is 1.44 bits per heavy atom. The molecule has 0 rings (SSSR count). The molecule has 1 unspecified atom stereocenters. The van der Waals surface area contributed by atoms with Gasteiger partial charge >= 0.3 is 51.4 Å². The van der Waals surface area contributed by atoms with Gasteiger partial charge in [-0.25, -0.2) is 8.42 Å². The van der Waals surface area contributed by atoms with Crippen molar-refractivity contribution in [2.24, 2.45) is 5.92 Å². The molecule has 198 valence electrons. The second kappa shape index (κ2) is 28.8. The van der Waals surface area contributed by atoms with Gasteiger partial charge in [0, 0.05) is 5.92 Å². The maximum absolute atomic E-state index is 10.8. The molecule has 34 heavy (non-hydrogen) atoms. The van der Waals surface area contributed by atoms with Crippen molar-refractivity contribution in [1.82, 2.24) is 0 Å². The predicted octanol–water partition coefficient (Wildman–Crippen LogP) is 6.26. The molecule has 0 radical (unpaired) electrons. The monoisotopic (exact) mass is 526 g/mol. The van der Waals surface area contributed by atoms with Crippen molar-refractivity contribution in [3.63, 3.8) is 0 Å². The van der Waals surface area contributed by atoms with Crippen LogP contribution < -0.4 is 51.4 Å². The molecule has 0 spiro atoms. The molecule has 6 heteroatoms. The molecule has 0 saturated heterocycles. The number of hydrogen-bond acceptors (Lipinski definition) is 4. The fraction of sp³-hybridized carbons (Fsp3) is 0.929. The first-order valence-corrected chi connectivity index (χ1v) is 15.6. The van der Waals surface area contributed by atoms with Gasteiger partial charge in [-0.2, -0.15) is 0 Å². The van der Waals surface area contributed by atoms with Gasteiger partial charge in [0.15, 0.2) is 0 Å². The third kappa shape index (κ3) is 31.3. The second-order valence-electron chi connectivity index (χ2n) is 9.82. The van der Waals surface area contributed by atoms with Crippen LogP contribution in [0.1, 0.15) is 155 Å². The molecule has 0 bridgehead atoms. The molecule has 0 heterocycles. The van der Waals surface area contributed by atoms with Gasteiger partial charge in [0.1, 0.15) is 0 Å². The molecule has 0 saturated carbocycles. The smallest absolute Gasteiger partial charge is 0.726 e. The normalized spacial score (nSPS) is 12.8. The molecule has 0 aromatic heterocycles. The van der Waals surface area contributed by atoms with E-state index in [-0.39, 0.29) is 63.9 Å². The van der Waals surface area contributed by atoms with E-state index in [1.54, 1.807) is 0 Å². The Bertz CT molecular complexity index is 522. The Labute approximate surface area is 256 Å². The van der Waals surface area contributed by atoms with Gasteiger partial charge in [-0.1, -0.05) is 148 Å². The fourth-order valence-corrected chi connectivity index (χ4v) is 4.68. The molecule has 0 aliphatic heterocycles. The zero-order valence-corrected chi connectivity index (χ0v) is 27.0. The molecule has 0 aromatic carbocycles. The molecule has 0 N–H and O–H groups in total. The fourth-order valence-electron chi connectivity index (χ4n) is 4.34. The van der Waals surface area contributed by atoms with Gasteiger partial charge < -0.3 is 4.55 Å². The van der Waals surface area contributed by atoms with E-state index in [9.17, 15) is 13.0 Å². The Morgan fingerprint density at radius 1 is 0.647 bits per heavy atom. The van der Waals surface area contributed by atoms with Crippen molar-refractivity contribution in [2.75, 3.05) is 6.61 Å². The summed E-state index contributed by atoms with van der Waals surface area (Å²) in [6.45, 7) is 4.47. The summed E-state index contributed by atoms with van der Waals surface area (Å²) >= 11 is 0. The Balaban J connectivity index is 0. The van der Waals surface area contributed by atoms with Crippen molar-refractivity contribution in [3.05, 3.63) is 12.2 Å². The topological polar surface area (TPSA) is 66.4 Å². The molecule has 4 nitrogen and oxygen atoms in total. The van der Waals surface area contributed by atoms with Crippen LogP contribution in [0, 0.1) is 5.92 Å². The number of unbranched alkanes of at least 4 members (excludes halogenated alkanes) is 19. The van der Waals surface area contributed by atoms with E-state index in [0.29, 0.717) is 0 Å². The van der Waals surface area contributed by atoms with E-state index in [2.05, 4.69) is 30.2 Å². The van der Waals surface area contributed by atoms with Crippen LogP contribution in [0.2, 0.25) is 0 Å². The summed E-state index contributed by atoms with van der Waals surface area (Å²) in [4.78, 5) is 0. The van der Waals surface area contributed by atoms with E-state index < -0.39 is 10.4 Å². The van der Waals surface area contributed by atoms with Gasteiger partial charge in [0.05, 0.1) is 6.61 Å². The molecular formula is C28H55KO4S. The minimum absolute atomic E-state index is 0. The minimum Gasteiger partial charge on any atom is -0.726 e. The average Bonchev–Trinajstić information content (AvgIpc) is 2.78. The maximum atomic E-state index is 10.8. The van der Waals surface area contributed by atoms with E-state index >= 15 is 0 Å². The summed E-state index contributed by atoms with van der Waals surface area (Å²) in [5, 5.41) is 0. The first-order valence-electron chi connectivity index (χ1n) is 14.3. The Hall–Kier alpha value is 1.25. The largest absolute Gasteiger partial charge is 1.00 e. The first kappa shape index (κ1) is 37.4. The first-order chi connectivity index (χ1) is 16.0. The summed E-state index contributed by atoms with van der Waals surface area (Å²) < 4.78 is 37.0. The van der Waals surface area contributed by atoms with Crippen molar-refractivity contribution < 1.29 is 68.5 Å². The third-order valence-electron chi connectivity index (χ3n) is 6.49. The van der Waals surface area contributed by atoms with Gasteiger partial charge in [-0.3, -0.25) is 4.18 Å². The Morgan fingerprint density at radius 2 is 1.03 bits per heavy atom. The van der Waals surface area contributed by atoms with Crippen LogP contribution in [-0.4, -0.2) is 19.6 Å². The standard InChI is InChI=1S/C28H56O4S.K/c1-3-5-7-9-11-12-13-14-15-16-17-18-20-22-24-26-28(27-32-33(29,30)31)25-23-21-19-10-8-6-4-2;/h23,25,28H,3-22,24,26-27H2,1-2H3,(H,29,30,31);/q;+1/p-1/b25-23+;. The molecule has 0 amide bonds. The van der Waals surface area contributed by atoms with Crippen LogP contribution in [0.15, 0.2) is 12.2 Å². The molecule has 0 aromatic rings. The number of hydrogen-bond donors (Lipinski definition) is 0. The minimum atomic E-state index is -4.61. The van der Waals surface area contributed by atoms with E-state index in [0.717, 1.165) is 19.3 Å². The number of rotatable bonds is 26. The molecule has 0 fully saturated rings. The summed E-state index contributed by atoms with van der Waals surface area (Å²) in [6.07, 6.45) is 32.4. The predicted molar refractivity (Wildman–Crippen MR) is 141 cm³/mol. The van der Waals surface area contributed by atoms with Crippen molar-refractivity contribution in [1.29, 1.82) is 0 Å². The van der Waals surface area contributed by atoms with Crippen molar-refractivity contribution in [2.45, 2.75) is 155 Å². The molecular weight excluding hydrogens is 471 g/mol. The SMILES string of the molecule is CCCCCCC/C=C/C(CCCCCCCCCCCCCCCCC)COS(=O)(=O)[O-].[K+]. The molecule has 0 aliphatic rings. The van der Waals surface area contributed by atoms with Crippen LogP contribution in [0.4, 0.5) is 0 Å². The van der Waals surface area contributed by atoms with E-state index in [1.807, 2.05) is 0 Å². The van der Waals surface area contributed by atoms with E-state index in [4.69, 9.17) is 0 Å². The zero-order valence-electron chi connectivity index (χ0n) is 23.0. The molecule has 1 atom stereocenters. The summed E-state index contributed by atoms with van der Waals surface area (Å²) in [5.41, 5.74) is 0. The summed E-state index contributed by atoms with van der Waals surface area (Å²) in [6, 6.07) is 0. The number of allylic oxidation sites excluding steroid dienone is 1. The molecule has 0 aliphatic carbocycles. The van der Waals surface area contributed by atoms with Crippen LogP contribution in [-0.2, 0) is 14.6 Å². The summed E-state index contributed by atoms with van der Waals surface area (Å²) in [7, 11) is -4.61. The average molecular weight is 527 g/mol. The third-order valence-corrected chi connectivity index (χ3v) is 6.91.